The number of hydrogen-bond acceptors (Lipinski definition) is 6. The van der Waals surface area contributed by atoms with Gasteiger partial charge in [-0.1, -0.05) is 31.4 Å². The molecule has 0 bridgehead atoms. The summed E-state index contributed by atoms with van der Waals surface area (Å²) in [5.41, 5.74) is 0.471. The number of carbonyl (C=O) groups excluding carboxylic acids is 2. The maximum absolute atomic E-state index is 12.4. The quantitative estimate of drug-likeness (QED) is 0.767. The van der Waals surface area contributed by atoms with E-state index in [1.807, 2.05) is 24.6 Å². The minimum absolute atomic E-state index is 0.181. The summed E-state index contributed by atoms with van der Waals surface area (Å²) >= 11 is 0. The van der Waals surface area contributed by atoms with Gasteiger partial charge < -0.3 is 9.47 Å². The number of carbonyl (C=O) groups is 2. The number of fused-ring (bicyclic) bond motifs is 1. The average Bonchev–Trinajstić information content (AvgIpc) is 2.96. The van der Waals surface area contributed by atoms with Gasteiger partial charge in [0.05, 0.1) is 0 Å². The van der Waals surface area contributed by atoms with Crippen molar-refractivity contribution in [2.75, 3.05) is 7.05 Å². The van der Waals surface area contributed by atoms with Crippen LogP contribution < -0.4 is 18.9 Å². The smallest absolute Gasteiger partial charge is 0.423 e. The molecule has 9 nitrogen and oxygen atoms in total. The summed E-state index contributed by atoms with van der Waals surface area (Å²) in [5, 5.41) is 0. The Morgan fingerprint density at radius 2 is 1.90 bits per heavy atom. The van der Waals surface area contributed by atoms with Gasteiger partial charge >= 0.3 is 22.3 Å². The monoisotopic (exact) mass is 425 g/mol. The van der Waals surface area contributed by atoms with Gasteiger partial charge in [0.15, 0.2) is 11.5 Å². The van der Waals surface area contributed by atoms with Crippen LogP contribution in [0.3, 0.4) is 0 Å². The lowest BCUT2D eigenvalue weighted by Crippen LogP contribution is -2.50. The minimum Gasteiger partial charge on any atom is -0.483 e. The number of rotatable bonds is 4. The molecule has 0 saturated heterocycles. The molecule has 1 aromatic carbocycles. The van der Waals surface area contributed by atoms with E-state index in [4.69, 9.17) is 9.47 Å². The van der Waals surface area contributed by atoms with Crippen molar-refractivity contribution in [3.05, 3.63) is 23.8 Å². The van der Waals surface area contributed by atoms with E-state index in [9.17, 15) is 18.0 Å². The fraction of sp³-hybridized carbons (Fsp3) is 0.579. The molecule has 3 rings (SSSR count). The van der Waals surface area contributed by atoms with Crippen LogP contribution in [0.15, 0.2) is 18.2 Å². The standard InChI is InChI=1S/C19H27N3O6S/c1-19(2)12-13-8-7-11-15(16(13)28-19)27-18(24)22(3)17(23)21-29(25,26)20-14-9-5-4-6-10-14/h7-8,11,14,20H,4-6,9-10,12H2,1-3H3,(H,21,23). The fourth-order valence-electron chi connectivity index (χ4n) is 3.57. The zero-order valence-corrected chi connectivity index (χ0v) is 17.7. The molecule has 1 aliphatic heterocycles. The average molecular weight is 426 g/mol. The molecular weight excluding hydrogens is 398 g/mol. The molecule has 0 spiro atoms. The second-order valence-corrected chi connectivity index (χ2v) is 9.52. The molecule has 1 heterocycles. The SMILES string of the molecule is CN(C(=O)NS(=O)(=O)NC1CCCCC1)C(=O)Oc1cccc2c1OC(C)(C)C2. The van der Waals surface area contributed by atoms with Gasteiger partial charge in [-0.15, -0.1) is 0 Å². The third-order valence-corrected chi connectivity index (χ3v) is 6.07. The molecule has 1 aliphatic carbocycles. The van der Waals surface area contributed by atoms with Gasteiger partial charge in [0.25, 0.3) is 0 Å². The van der Waals surface area contributed by atoms with E-state index < -0.39 is 27.9 Å². The van der Waals surface area contributed by atoms with Crippen molar-refractivity contribution >= 4 is 22.3 Å². The second kappa shape index (κ2) is 8.19. The summed E-state index contributed by atoms with van der Waals surface area (Å²) in [5.74, 6) is 0.632. The highest BCUT2D eigenvalue weighted by molar-refractivity contribution is 7.88. The van der Waals surface area contributed by atoms with Crippen molar-refractivity contribution in [3.8, 4) is 11.5 Å². The van der Waals surface area contributed by atoms with E-state index in [0.29, 0.717) is 17.1 Å². The number of nitrogens with zero attached hydrogens (tertiary/aromatic N) is 1. The number of nitrogens with one attached hydrogen (secondary N) is 2. The van der Waals surface area contributed by atoms with Crippen LogP contribution in [0, 0.1) is 0 Å². The summed E-state index contributed by atoms with van der Waals surface area (Å²) in [4.78, 5) is 25.2. The third kappa shape index (κ3) is 5.39. The predicted molar refractivity (Wildman–Crippen MR) is 106 cm³/mol. The first-order valence-corrected chi connectivity index (χ1v) is 11.2. The topological polar surface area (TPSA) is 114 Å². The van der Waals surface area contributed by atoms with Crippen molar-refractivity contribution in [2.24, 2.45) is 0 Å². The highest BCUT2D eigenvalue weighted by Crippen LogP contribution is 2.41. The molecule has 0 radical (unpaired) electrons. The molecule has 3 amide bonds. The van der Waals surface area contributed by atoms with Crippen LogP contribution in [0.25, 0.3) is 0 Å². The zero-order valence-electron chi connectivity index (χ0n) is 16.9. The highest BCUT2D eigenvalue weighted by atomic mass is 32.2. The van der Waals surface area contributed by atoms with Crippen LogP contribution in [0.5, 0.6) is 11.5 Å². The molecule has 1 fully saturated rings. The van der Waals surface area contributed by atoms with E-state index in [0.717, 1.165) is 44.7 Å². The molecule has 0 aromatic heterocycles. The normalized spacial score (nSPS) is 18.4. The lowest BCUT2D eigenvalue weighted by atomic mass is 9.96. The Kier molecular flexibility index (Phi) is 6.04. The predicted octanol–water partition coefficient (Wildman–Crippen LogP) is 2.71. The molecule has 29 heavy (non-hydrogen) atoms. The van der Waals surface area contributed by atoms with Crippen LogP contribution in [0.1, 0.15) is 51.5 Å². The number of para-hydroxylation sites is 1. The lowest BCUT2D eigenvalue weighted by Gasteiger charge is -2.23. The Bertz CT molecular complexity index is 893. The number of hydrogen-bond donors (Lipinski definition) is 2. The Labute approximate surface area is 170 Å². The van der Waals surface area contributed by atoms with Gasteiger partial charge in [0.2, 0.25) is 0 Å². The van der Waals surface area contributed by atoms with Gasteiger partial charge in [0, 0.05) is 25.1 Å². The number of imide groups is 1. The molecule has 10 heteroatoms. The molecule has 0 atom stereocenters. The van der Waals surface area contributed by atoms with Gasteiger partial charge in [-0.2, -0.15) is 13.1 Å². The molecule has 1 saturated carbocycles. The Hall–Kier alpha value is -2.33. The van der Waals surface area contributed by atoms with Crippen molar-refractivity contribution in [1.82, 2.24) is 14.3 Å². The zero-order chi connectivity index (χ0) is 21.2. The molecular formula is C19H27N3O6S. The van der Waals surface area contributed by atoms with Crippen LogP contribution in [-0.2, 0) is 16.6 Å². The van der Waals surface area contributed by atoms with Crippen molar-refractivity contribution in [1.29, 1.82) is 0 Å². The van der Waals surface area contributed by atoms with Gasteiger partial charge in [-0.25, -0.2) is 19.2 Å². The first-order chi connectivity index (χ1) is 13.6. The Balaban J connectivity index is 1.60. The van der Waals surface area contributed by atoms with Gasteiger partial charge in [-0.05, 0) is 32.8 Å². The molecule has 2 N–H and O–H groups in total. The maximum atomic E-state index is 12.4. The summed E-state index contributed by atoms with van der Waals surface area (Å²) in [6.07, 6.45) is 4.04. The summed E-state index contributed by atoms with van der Waals surface area (Å²) < 4.78 is 39.8. The second-order valence-electron chi connectivity index (χ2n) is 8.07. The lowest BCUT2D eigenvalue weighted by molar-refractivity contribution is 0.129. The Morgan fingerprint density at radius 3 is 2.59 bits per heavy atom. The van der Waals surface area contributed by atoms with E-state index >= 15 is 0 Å². The number of benzene rings is 1. The summed E-state index contributed by atoms with van der Waals surface area (Å²) in [6, 6.07) is 3.85. The third-order valence-electron chi connectivity index (χ3n) is 4.98. The first kappa shape index (κ1) is 21.4. The fourth-order valence-corrected chi connectivity index (χ4v) is 4.67. The van der Waals surface area contributed by atoms with Gasteiger partial charge in [0.1, 0.15) is 5.60 Å². The van der Waals surface area contributed by atoms with Crippen molar-refractivity contribution in [3.63, 3.8) is 0 Å². The van der Waals surface area contributed by atoms with Crippen LogP contribution in [0.4, 0.5) is 9.59 Å². The molecule has 2 aliphatic rings. The molecule has 160 valence electrons. The van der Waals surface area contributed by atoms with E-state index in [2.05, 4.69) is 4.72 Å². The van der Waals surface area contributed by atoms with Gasteiger partial charge in [-0.3, -0.25) is 0 Å². The Morgan fingerprint density at radius 1 is 1.21 bits per heavy atom. The van der Waals surface area contributed by atoms with Crippen LogP contribution in [0.2, 0.25) is 0 Å². The number of ether oxygens (including phenoxy) is 2. The maximum Gasteiger partial charge on any atom is 0.423 e. The minimum atomic E-state index is -4.08. The van der Waals surface area contributed by atoms with E-state index in [1.54, 1.807) is 12.1 Å². The van der Waals surface area contributed by atoms with Crippen molar-refractivity contribution < 1.29 is 27.5 Å². The van der Waals surface area contributed by atoms with E-state index in [1.165, 1.54) is 0 Å². The van der Waals surface area contributed by atoms with Crippen LogP contribution in [-0.4, -0.2) is 44.1 Å². The largest absolute Gasteiger partial charge is 0.483 e. The van der Waals surface area contributed by atoms with Crippen LogP contribution >= 0.6 is 0 Å². The molecule has 1 aromatic rings. The number of amides is 3. The number of urea groups is 1. The summed E-state index contributed by atoms with van der Waals surface area (Å²) in [7, 11) is -2.94. The van der Waals surface area contributed by atoms with Crippen molar-refractivity contribution in [2.45, 2.75) is 64.0 Å². The molecule has 0 unspecified atom stereocenters. The first-order valence-electron chi connectivity index (χ1n) is 9.67. The highest BCUT2D eigenvalue weighted by Gasteiger charge is 2.33. The summed E-state index contributed by atoms with van der Waals surface area (Å²) in [6.45, 7) is 3.84. The van der Waals surface area contributed by atoms with E-state index in [-0.39, 0.29) is 11.8 Å².